The smallest absolute Gasteiger partial charge is 0.314 e. The van der Waals surface area contributed by atoms with E-state index in [1.807, 2.05) is 11.9 Å². The molecule has 1 fully saturated rings. The highest BCUT2D eigenvalue weighted by molar-refractivity contribution is 6.31. The highest BCUT2D eigenvalue weighted by Gasteiger charge is 2.32. The van der Waals surface area contributed by atoms with Crippen LogP contribution in [0.3, 0.4) is 0 Å². The number of hydrogen-bond donors (Lipinski definition) is 1. The average Bonchev–Trinajstić information content (AvgIpc) is 2.29. The van der Waals surface area contributed by atoms with Crippen LogP contribution in [0.2, 0.25) is 5.02 Å². The van der Waals surface area contributed by atoms with Gasteiger partial charge in [-0.05, 0) is 30.8 Å². The van der Waals surface area contributed by atoms with Crippen LogP contribution in [0, 0.1) is 0 Å². The van der Waals surface area contributed by atoms with E-state index in [9.17, 15) is 13.2 Å². The van der Waals surface area contributed by atoms with Crippen molar-refractivity contribution in [2.75, 3.05) is 26.7 Å². The van der Waals surface area contributed by atoms with Gasteiger partial charge in [-0.15, -0.1) is 0 Å². The molecule has 1 saturated heterocycles. The molecule has 0 bridgehead atoms. The molecule has 1 aromatic rings. The second-order valence-corrected chi connectivity index (χ2v) is 4.84. The zero-order chi connectivity index (χ0) is 13.3. The highest BCUT2D eigenvalue weighted by Crippen LogP contribution is 2.35. The standard InChI is InChI=1S/C12H14ClF3N2/c1-18-5-4-17-7-11(18)9-6-8(12(14,15)16)2-3-10(9)13/h2-3,6,11,17H,4-5,7H2,1H3. The fraction of sp³-hybridized carbons (Fsp3) is 0.500. The topological polar surface area (TPSA) is 15.3 Å². The predicted octanol–water partition coefficient (Wildman–Crippen LogP) is 2.93. The fourth-order valence-corrected chi connectivity index (χ4v) is 2.37. The van der Waals surface area contributed by atoms with Crippen molar-refractivity contribution in [2.24, 2.45) is 0 Å². The van der Waals surface area contributed by atoms with Crippen LogP contribution in [0.1, 0.15) is 17.2 Å². The van der Waals surface area contributed by atoms with Crippen LogP contribution in [-0.2, 0) is 6.18 Å². The molecular formula is C12H14ClF3N2. The van der Waals surface area contributed by atoms with E-state index < -0.39 is 11.7 Å². The Hall–Kier alpha value is -0.780. The first kappa shape index (κ1) is 13.6. The molecule has 2 rings (SSSR count). The van der Waals surface area contributed by atoms with Crippen molar-refractivity contribution in [3.63, 3.8) is 0 Å². The van der Waals surface area contributed by atoms with Crippen molar-refractivity contribution in [3.05, 3.63) is 34.3 Å². The van der Waals surface area contributed by atoms with E-state index in [1.54, 1.807) is 0 Å². The number of benzene rings is 1. The van der Waals surface area contributed by atoms with E-state index >= 15 is 0 Å². The molecule has 1 N–H and O–H groups in total. The van der Waals surface area contributed by atoms with E-state index in [-0.39, 0.29) is 6.04 Å². The van der Waals surface area contributed by atoms with Gasteiger partial charge >= 0.3 is 6.18 Å². The first-order valence-electron chi connectivity index (χ1n) is 5.67. The van der Waals surface area contributed by atoms with Crippen molar-refractivity contribution in [1.29, 1.82) is 0 Å². The number of piperazine rings is 1. The molecule has 1 aliphatic rings. The first-order chi connectivity index (χ1) is 8.39. The predicted molar refractivity (Wildman–Crippen MR) is 64.7 cm³/mol. The number of alkyl halides is 3. The Morgan fingerprint density at radius 1 is 1.39 bits per heavy atom. The van der Waals surface area contributed by atoms with Gasteiger partial charge in [-0.3, -0.25) is 4.90 Å². The number of nitrogens with zero attached hydrogens (tertiary/aromatic N) is 1. The molecule has 1 unspecified atom stereocenters. The summed E-state index contributed by atoms with van der Waals surface area (Å²) in [4.78, 5) is 2.01. The lowest BCUT2D eigenvalue weighted by Crippen LogP contribution is -2.43. The lowest BCUT2D eigenvalue weighted by molar-refractivity contribution is -0.137. The Morgan fingerprint density at radius 3 is 2.72 bits per heavy atom. The minimum atomic E-state index is -4.33. The van der Waals surface area contributed by atoms with Crippen molar-refractivity contribution in [2.45, 2.75) is 12.2 Å². The maximum absolute atomic E-state index is 12.7. The van der Waals surface area contributed by atoms with E-state index in [0.29, 0.717) is 17.1 Å². The average molecular weight is 279 g/mol. The number of nitrogens with one attached hydrogen (secondary N) is 1. The summed E-state index contributed by atoms with van der Waals surface area (Å²) in [5.74, 6) is 0. The van der Waals surface area contributed by atoms with Gasteiger partial charge in [0.1, 0.15) is 0 Å². The van der Waals surface area contributed by atoms with Crippen LogP contribution in [0.15, 0.2) is 18.2 Å². The zero-order valence-electron chi connectivity index (χ0n) is 9.89. The van der Waals surface area contributed by atoms with Crippen LogP contribution < -0.4 is 5.32 Å². The molecule has 100 valence electrons. The minimum absolute atomic E-state index is 0.117. The Bertz CT molecular complexity index is 434. The quantitative estimate of drug-likeness (QED) is 0.850. The van der Waals surface area contributed by atoms with Crippen molar-refractivity contribution in [1.82, 2.24) is 10.2 Å². The van der Waals surface area contributed by atoms with Crippen molar-refractivity contribution in [3.8, 4) is 0 Å². The number of likely N-dealkylation sites (N-methyl/N-ethyl adjacent to an activating group) is 1. The summed E-state index contributed by atoms with van der Waals surface area (Å²) in [6, 6.07) is 3.37. The summed E-state index contributed by atoms with van der Waals surface area (Å²) in [5, 5.41) is 3.55. The van der Waals surface area contributed by atoms with Crippen LogP contribution >= 0.6 is 11.6 Å². The van der Waals surface area contributed by atoms with Gasteiger partial charge in [-0.1, -0.05) is 11.6 Å². The molecule has 0 spiro atoms. The zero-order valence-corrected chi connectivity index (χ0v) is 10.6. The largest absolute Gasteiger partial charge is 0.416 e. The Labute approximate surface area is 109 Å². The Balaban J connectivity index is 2.37. The van der Waals surface area contributed by atoms with Crippen LogP contribution in [0.25, 0.3) is 0 Å². The molecule has 1 atom stereocenters. The Kier molecular flexibility index (Phi) is 3.84. The molecule has 0 aliphatic carbocycles. The third-order valence-corrected chi connectivity index (χ3v) is 3.54. The lowest BCUT2D eigenvalue weighted by atomic mass is 10.0. The molecule has 1 heterocycles. The maximum Gasteiger partial charge on any atom is 0.416 e. The number of halogens is 4. The van der Waals surface area contributed by atoms with Gasteiger partial charge in [0.15, 0.2) is 0 Å². The van der Waals surface area contributed by atoms with E-state index in [1.165, 1.54) is 6.07 Å². The first-order valence-corrected chi connectivity index (χ1v) is 6.05. The normalized spacial score (nSPS) is 22.2. The minimum Gasteiger partial charge on any atom is -0.314 e. The third kappa shape index (κ3) is 2.79. The molecular weight excluding hydrogens is 265 g/mol. The second kappa shape index (κ2) is 5.07. The molecule has 2 nitrogen and oxygen atoms in total. The molecule has 0 radical (unpaired) electrons. The summed E-state index contributed by atoms with van der Waals surface area (Å²) in [5.41, 5.74) is -0.123. The SMILES string of the molecule is CN1CCNCC1c1cc(C(F)(F)F)ccc1Cl. The van der Waals surface area contributed by atoms with E-state index in [4.69, 9.17) is 11.6 Å². The number of hydrogen-bond acceptors (Lipinski definition) is 2. The number of rotatable bonds is 1. The van der Waals surface area contributed by atoms with Gasteiger partial charge < -0.3 is 5.32 Å². The summed E-state index contributed by atoms with van der Waals surface area (Å²) in [7, 11) is 1.89. The van der Waals surface area contributed by atoms with E-state index in [2.05, 4.69) is 5.32 Å². The van der Waals surface area contributed by atoms with Gasteiger partial charge in [0.2, 0.25) is 0 Å². The summed E-state index contributed by atoms with van der Waals surface area (Å²) in [6.07, 6.45) is -4.33. The van der Waals surface area contributed by atoms with Crippen molar-refractivity contribution < 1.29 is 13.2 Å². The highest BCUT2D eigenvalue weighted by atomic mass is 35.5. The maximum atomic E-state index is 12.7. The monoisotopic (exact) mass is 278 g/mol. The third-order valence-electron chi connectivity index (χ3n) is 3.19. The van der Waals surface area contributed by atoms with Crippen LogP contribution in [0.4, 0.5) is 13.2 Å². The van der Waals surface area contributed by atoms with Gasteiger partial charge in [0.25, 0.3) is 0 Å². The van der Waals surface area contributed by atoms with Gasteiger partial charge in [-0.2, -0.15) is 13.2 Å². The second-order valence-electron chi connectivity index (χ2n) is 4.43. The summed E-state index contributed by atoms with van der Waals surface area (Å²) in [6.45, 7) is 2.23. The van der Waals surface area contributed by atoms with Crippen LogP contribution in [0.5, 0.6) is 0 Å². The molecule has 1 aliphatic heterocycles. The van der Waals surface area contributed by atoms with E-state index in [0.717, 1.165) is 25.2 Å². The van der Waals surface area contributed by atoms with Gasteiger partial charge in [-0.25, -0.2) is 0 Å². The molecule has 18 heavy (non-hydrogen) atoms. The van der Waals surface area contributed by atoms with Crippen LogP contribution in [-0.4, -0.2) is 31.6 Å². The molecule has 1 aromatic carbocycles. The summed E-state index contributed by atoms with van der Waals surface area (Å²) < 4.78 is 38.1. The molecule has 6 heteroatoms. The fourth-order valence-electron chi connectivity index (χ4n) is 2.13. The van der Waals surface area contributed by atoms with Crippen molar-refractivity contribution >= 4 is 11.6 Å². The van der Waals surface area contributed by atoms with Gasteiger partial charge in [0, 0.05) is 30.7 Å². The molecule has 0 amide bonds. The van der Waals surface area contributed by atoms with Gasteiger partial charge in [0.05, 0.1) is 5.56 Å². The lowest BCUT2D eigenvalue weighted by Gasteiger charge is -2.34. The Morgan fingerprint density at radius 2 is 2.11 bits per heavy atom. The summed E-state index contributed by atoms with van der Waals surface area (Å²) >= 11 is 6.02. The molecule has 0 aromatic heterocycles. The molecule has 0 saturated carbocycles.